The molecular formula is C42H64O2. The third-order valence-corrected chi connectivity index (χ3v) is 12.8. The zero-order chi connectivity index (χ0) is 33.1. The van der Waals surface area contributed by atoms with Crippen molar-refractivity contribution in [3.8, 4) is 0 Å². The summed E-state index contributed by atoms with van der Waals surface area (Å²) in [6.45, 7) is 27.6. The maximum Gasteiger partial charge on any atom is 0.186 e. The molecular weight excluding hydrogens is 536 g/mol. The molecule has 0 aromatic carbocycles. The van der Waals surface area contributed by atoms with Crippen molar-refractivity contribution in [2.45, 2.75) is 160 Å². The molecule has 3 aliphatic carbocycles. The van der Waals surface area contributed by atoms with Gasteiger partial charge >= 0.3 is 0 Å². The molecule has 0 aliphatic heterocycles. The summed E-state index contributed by atoms with van der Waals surface area (Å²) in [5.41, 5.74) is 9.28. The lowest BCUT2D eigenvalue weighted by atomic mass is 9.64. The number of Topliss-reactive ketones (excluding diaryl/α,β-unsaturated/α-hetero) is 2. The van der Waals surface area contributed by atoms with Crippen LogP contribution in [0.4, 0.5) is 0 Å². The second kappa shape index (κ2) is 14.0. The van der Waals surface area contributed by atoms with Gasteiger partial charge in [-0.3, -0.25) is 9.59 Å². The third-order valence-electron chi connectivity index (χ3n) is 12.8. The van der Waals surface area contributed by atoms with E-state index in [-0.39, 0.29) is 33.2 Å². The predicted molar refractivity (Wildman–Crippen MR) is 190 cm³/mol. The smallest absolute Gasteiger partial charge is 0.186 e. The number of rotatable bonds is 14. The molecule has 0 radical (unpaired) electrons. The van der Waals surface area contributed by atoms with Gasteiger partial charge in [0.25, 0.3) is 0 Å². The molecule has 0 amide bonds. The number of hydrogen-bond donors (Lipinski definition) is 0. The number of hydrogen-bond acceptors (Lipinski definition) is 2. The van der Waals surface area contributed by atoms with E-state index in [0.29, 0.717) is 25.7 Å². The highest BCUT2D eigenvalue weighted by Crippen LogP contribution is 2.49. The zero-order valence-electron chi connectivity index (χ0n) is 30.6. The van der Waals surface area contributed by atoms with Gasteiger partial charge in [0, 0.05) is 22.3 Å². The van der Waals surface area contributed by atoms with Gasteiger partial charge in [-0.1, -0.05) is 116 Å². The minimum Gasteiger partial charge on any atom is -0.289 e. The van der Waals surface area contributed by atoms with E-state index in [1.165, 1.54) is 22.3 Å². The summed E-state index contributed by atoms with van der Waals surface area (Å²) >= 11 is 0. The van der Waals surface area contributed by atoms with Crippen LogP contribution in [0.25, 0.3) is 0 Å². The SMILES string of the molecule is CCC(C)(C)C(C)=CCCC(C)(C)C1=CCC2=C(C1)C(=O)C1=C(CC=C(C(CC)(CC)CCC=C(C)C(C)(C)CC)C1)C2=O. The monoisotopic (exact) mass is 600 g/mol. The minimum atomic E-state index is -0.0150. The van der Waals surface area contributed by atoms with Crippen molar-refractivity contribution in [1.82, 2.24) is 0 Å². The lowest BCUT2D eigenvalue weighted by Gasteiger charge is -2.39. The highest BCUT2D eigenvalue weighted by molar-refractivity contribution is 6.26. The van der Waals surface area contributed by atoms with Crippen LogP contribution in [0.5, 0.6) is 0 Å². The molecule has 0 aromatic rings. The summed E-state index contributed by atoms with van der Waals surface area (Å²) in [5, 5.41) is 0. The van der Waals surface area contributed by atoms with E-state index in [2.05, 4.69) is 107 Å². The Kier molecular flexibility index (Phi) is 11.6. The van der Waals surface area contributed by atoms with Crippen LogP contribution in [0.3, 0.4) is 0 Å². The van der Waals surface area contributed by atoms with E-state index < -0.39 is 0 Å². The van der Waals surface area contributed by atoms with Gasteiger partial charge in [-0.15, -0.1) is 0 Å². The van der Waals surface area contributed by atoms with Crippen LogP contribution in [-0.2, 0) is 9.59 Å². The van der Waals surface area contributed by atoms with Crippen molar-refractivity contribution in [3.63, 3.8) is 0 Å². The van der Waals surface area contributed by atoms with Crippen LogP contribution >= 0.6 is 0 Å². The van der Waals surface area contributed by atoms with Crippen molar-refractivity contribution >= 4 is 11.6 Å². The topological polar surface area (TPSA) is 34.1 Å². The third kappa shape index (κ3) is 7.42. The molecule has 0 saturated carbocycles. The van der Waals surface area contributed by atoms with E-state index in [9.17, 15) is 9.59 Å². The lowest BCUT2D eigenvalue weighted by Crippen LogP contribution is -2.32. The molecule has 0 atom stereocenters. The van der Waals surface area contributed by atoms with Gasteiger partial charge in [0.1, 0.15) is 0 Å². The summed E-state index contributed by atoms with van der Waals surface area (Å²) in [6.07, 6.45) is 20.5. The normalized spacial score (nSPS) is 19.3. The number of allylic oxidation sites excluding steroid dienone is 12. The molecule has 44 heavy (non-hydrogen) atoms. The first kappa shape index (κ1) is 36.3. The Morgan fingerprint density at radius 1 is 0.614 bits per heavy atom. The Labute approximate surface area is 271 Å². The van der Waals surface area contributed by atoms with E-state index in [1.54, 1.807) is 0 Å². The van der Waals surface area contributed by atoms with Crippen LogP contribution in [0.1, 0.15) is 160 Å². The molecule has 3 aliphatic rings. The van der Waals surface area contributed by atoms with E-state index in [1.807, 2.05) is 0 Å². The van der Waals surface area contributed by atoms with Gasteiger partial charge < -0.3 is 0 Å². The van der Waals surface area contributed by atoms with Crippen LogP contribution in [0.2, 0.25) is 0 Å². The van der Waals surface area contributed by atoms with Gasteiger partial charge in [0.2, 0.25) is 0 Å². The number of ketones is 2. The molecule has 0 unspecified atom stereocenters. The standard InChI is InChI=1S/C42H64O2/c1-13-39(7,8)29(5)19-17-25-41(11,12)31-21-23-33-35(27-31)38(44)36-28-32(22-24-34(36)37(33)43)42(15-3,16-4)26-18-20-30(6)40(9,10)14-2/h19-22H,13-18,23-28H2,1-12H3. The Hall–Kier alpha value is -2.22. The van der Waals surface area contributed by atoms with Crippen LogP contribution in [-0.4, -0.2) is 11.6 Å². The first-order chi connectivity index (χ1) is 20.5. The first-order valence-electron chi connectivity index (χ1n) is 17.8. The number of carbonyl (C=O) groups excluding carboxylic acids is 2. The largest absolute Gasteiger partial charge is 0.289 e. The molecule has 2 heteroatoms. The maximum atomic E-state index is 14.2. The lowest BCUT2D eigenvalue weighted by molar-refractivity contribution is -0.117. The molecule has 0 bridgehead atoms. The fourth-order valence-corrected chi connectivity index (χ4v) is 7.32. The summed E-state index contributed by atoms with van der Waals surface area (Å²) in [5.74, 6) is 0.292. The second-order valence-electron chi connectivity index (χ2n) is 16.0. The van der Waals surface area contributed by atoms with Crippen molar-refractivity contribution in [1.29, 1.82) is 0 Å². The average molecular weight is 601 g/mol. The Balaban J connectivity index is 1.77. The Morgan fingerprint density at radius 3 is 1.48 bits per heavy atom. The Morgan fingerprint density at radius 2 is 1.02 bits per heavy atom. The average Bonchev–Trinajstić information content (AvgIpc) is 3.01. The molecule has 3 rings (SSSR count). The summed E-state index contributed by atoms with van der Waals surface area (Å²) < 4.78 is 0. The predicted octanol–water partition coefficient (Wildman–Crippen LogP) is 12.3. The van der Waals surface area contributed by atoms with Crippen LogP contribution in [0.15, 0.2) is 68.9 Å². The molecule has 0 fully saturated rings. The summed E-state index contributed by atoms with van der Waals surface area (Å²) in [6, 6.07) is 0. The van der Waals surface area contributed by atoms with Crippen molar-refractivity contribution < 1.29 is 9.59 Å². The van der Waals surface area contributed by atoms with Gasteiger partial charge in [-0.05, 0) is 113 Å². The van der Waals surface area contributed by atoms with Gasteiger partial charge in [0.15, 0.2) is 11.6 Å². The molecule has 0 saturated heterocycles. The van der Waals surface area contributed by atoms with Crippen molar-refractivity contribution in [3.05, 3.63) is 68.9 Å². The highest BCUT2D eigenvalue weighted by atomic mass is 16.1. The molecule has 244 valence electrons. The van der Waals surface area contributed by atoms with Gasteiger partial charge in [-0.2, -0.15) is 0 Å². The molecule has 0 N–H and O–H groups in total. The molecule has 0 spiro atoms. The summed E-state index contributed by atoms with van der Waals surface area (Å²) in [7, 11) is 0. The number of carbonyl (C=O) groups is 2. The van der Waals surface area contributed by atoms with Crippen molar-refractivity contribution in [2.24, 2.45) is 21.7 Å². The molecule has 2 nitrogen and oxygen atoms in total. The highest BCUT2D eigenvalue weighted by Gasteiger charge is 2.41. The quantitative estimate of drug-likeness (QED) is 0.147. The maximum absolute atomic E-state index is 14.2. The van der Waals surface area contributed by atoms with Crippen LogP contribution in [0, 0.1) is 21.7 Å². The summed E-state index contributed by atoms with van der Waals surface area (Å²) in [4.78, 5) is 28.0. The van der Waals surface area contributed by atoms with Gasteiger partial charge in [-0.25, -0.2) is 0 Å². The minimum absolute atomic E-state index is 0.0150. The zero-order valence-corrected chi connectivity index (χ0v) is 30.6. The fraction of sp³-hybridized carbons (Fsp3) is 0.667. The fourth-order valence-electron chi connectivity index (χ4n) is 7.32. The second-order valence-corrected chi connectivity index (χ2v) is 16.0. The Bertz CT molecular complexity index is 1310. The van der Waals surface area contributed by atoms with Gasteiger partial charge in [0.05, 0.1) is 0 Å². The van der Waals surface area contributed by atoms with Crippen LogP contribution < -0.4 is 0 Å². The van der Waals surface area contributed by atoms with Crippen molar-refractivity contribution in [2.75, 3.05) is 0 Å². The molecule has 0 aromatic heterocycles. The van der Waals surface area contributed by atoms with E-state index in [4.69, 9.17) is 0 Å². The first-order valence-corrected chi connectivity index (χ1v) is 17.8. The van der Waals surface area contributed by atoms with E-state index in [0.717, 1.165) is 73.7 Å². The molecule has 0 heterocycles. The van der Waals surface area contributed by atoms with E-state index >= 15 is 0 Å².